The van der Waals surface area contributed by atoms with Gasteiger partial charge in [0, 0.05) is 12.1 Å². The van der Waals surface area contributed by atoms with Crippen LogP contribution in [-0.4, -0.2) is 58.3 Å². The summed E-state index contributed by atoms with van der Waals surface area (Å²) in [5, 5.41) is 0.308. The number of fused-ring (bicyclic) bond motifs is 2. The summed E-state index contributed by atoms with van der Waals surface area (Å²) in [6, 6.07) is 8.53. The van der Waals surface area contributed by atoms with Gasteiger partial charge in [-0.05, 0) is 45.4 Å². The van der Waals surface area contributed by atoms with Crippen molar-refractivity contribution in [2.24, 2.45) is 5.92 Å². The van der Waals surface area contributed by atoms with Crippen molar-refractivity contribution in [3.63, 3.8) is 0 Å². The summed E-state index contributed by atoms with van der Waals surface area (Å²) in [5.74, 6) is -1.41. The number of carbonyl (C=O) groups excluding carboxylic acids is 2. The minimum atomic E-state index is -3.82. The predicted molar refractivity (Wildman–Crippen MR) is 96.6 cm³/mol. The maximum Gasteiger partial charge on any atom is 0.443 e. The Balaban J connectivity index is 1.81. The molecule has 2 saturated heterocycles. The van der Waals surface area contributed by atoms with Crippen LogP contribution in [0.1, 0.15) is 26.2 Å². The number of piperidine rings is 1. The lowest BCUT2D eigenvalue weighted by Gasteiger charge is -2.40. The number of nitrogens with zero attached hydrogens (tertiary/aromatic N) is 1. The molecule has 0 saturated carbocycles. The number of ketones is 1. The first kappa shape index (κ1) is 19.4. The van der Waals surface area contributed by atoms with Gasteiger partial charge in [-0.15, -0.1) is 0 Å². The third kappa shape index (κ3) is 3.97. The topological polar surface area (TPSA) is 96.3 Å². The summed E-state index contributed by atoms with van der Waals surface area (Å²) in [6.07, 6.45) is 1.59. The van der Waals surface area contributed by atoms with Gasteiger partial charge in [0.2, 0.25) is 0 Å². The summed E-state index contributed by atoms with van der Waals surface area (Å²) < 4.78 is 10.9. The Bertz CT molecular complexity index is 667. The standard InChI is InChI=1S/C18H25NO6P/c1-12(20)11-24-18(21)17-15-9-8-13(19(15)2)10-16(17)25-26(22,23)14-6-4-3-5-7-14/h3-7,13,15-17,22-23H,8-11H2,1-2H3/q+1/t13?,15?,16-,17+/m0/s1. The number of rotatable bonds is 6. The molecular weight excluding hydrogens is 357 g/mol. The lowest BCUT2D eigenvalue weighted by atomic mass is 9.88. The third-order valence-corrected chi connectivity index (χ3v) is 6.81. The van der Waals surface area contributed by atoms with Crippen molar-refractivity contribution in [1.82, 2.24) is 4.90 Å². The van der Waals surface area contributed by atoms with Gasteiger partial charge in [0.15, 0.2) is 11.1 Å². The molecule has 0 aromatic heterocycles. The Morgan fingerprint density at radius 1 is 1.23 bits per heavy atom. The quantitative estimate of drug-likeness (QED) is 0.561. The van der Waals surface area contributed by atoms with Crippen LogP contribution in [0.4, 0.5) is 0 Å². The molecule has 1 aromatic rings. The van der Waals surface area contributed by atoms with Crippen LogP contribution in [0.25, 0.3) is 0 Å². The highest BCUT2D eigenvalue weighted by molar-refractivity contribution is 7.67. The first-order valence-corrected chi connectivity index (χ1v) is 10.4. The highest BCUT2D eigenvalue weighted by atomic mass is 31.2. The molecular formula is C18H25NO6P+. The zero-order valence-corrected chi connectivity index (χ0v) is 15.8. The highest BCUT2D eigenvalue weighted by Crippen LogP contribution is 2.54. The monoisotopic (exact) mass is 382 g/mol. The summed E-state index contributed by atoms with van der Waals surface area (Å²) in [4.78, 5) is 47.0. The Hall–Kier alpha value is -1.37. The molecule has 3 rings (SSSR count). The molecule has 0 radical (unpaired) electrons. The molecule has 142 valence electrons. The molecule has 0 spiro atoms. The van der Waals surface area contributed by atoms with E-state index in [1.807, 2.05) is 7.05 Å². The Kier molecular flexibility index (Phi) is 5.75. The Morgan fingerprint density at radius 3 is 2.58 bits per heavy atom. The zero-order chi connectivity index (χ0) is 18.9. The third-order valence-electron chi connectivity index (χ3n) is 5.28. The number of esters is 1. The largest absolute Gasteiger partial charge is 0.457 e. The van der Waals surface area contributed by atoms with E-state index >= 15 is 0 Å². The maximum atomic E-state index is 12.6. The van der Waals surface area contributed by atoms with Crippen molar-refractivity contribution in [1.29, 1.82) is 0 Å². The van der Waals surface area contributed by atoms with Gasteiger partial charge in [0.1, 0.15) is 18.6 Å². The van der Waals surface area contributed by atoms with E-state index in [1.54, 1.807) is 30.3 Å². The highest BCUT2D eigenvalue weighted by Gasteiger charge is 2.55. The van der Waals surface area contributed by atoms with E-state index in [-0.39, 0.29) is 24.5 Å². The van der Waals surface area contributed by atoms with Crippen LogP contribution in [0.5, 0.6) is 0 Å². The molecule has 0 amide bonds. The van der Waals surface area contributed by atoms with Gasteiger partial charge in [-0.3, -0.25) is 14.5 Å². The van der Waals surface area contributed by atoms with E-state index in [0.717, 1.165) is 12.8 Å². The number of ether oxygens (including phenoxy) is 1. The second kappa shape index (κ2) is 7.71. The van der Waals surface area contributed by atoms with E-state index < -0.39 is 25.9 Å². The average molecular weight is 382 g/mol. The molecule has 4 atom stereocenters. The van der Waals surface area contributed by atoms with Crippen LogP contribution < -0.4 is 5.30 Å². The van der Waals surface area contributed by atoms with Gasteiger partial charge in [0.05, 0.1) is 0 Å². The smallest absolute Gasteiger partial charge is 0.443 e. The predicted octanol–water partition coefficient (Wildman–Crippen LogP) is 1.06. The van der Waals surface area contributed by atoms with Crippen molar-refractivity contribution < 1.29 is 28.6 Å². The van der Waals surface area contributed by atoms with Gasteiger partial charge in [-0.2, -0.15) is 14.3 Å². The Labute approximate surface area is 153 Å². The molecule has 2 N–H and O–H groups in total. The lowest BCUT2D eigenvalue weighted by Crippen LogP contribution is -2.53. The molecule has 7 nitrogen and oxygen atoms in total. The first-order chi connectivity index (χ1) is 12.3. The van der Waals surface area contributed by atoms with Gasteiger partial charge in [-0.25, -0.2) is 0 Å². The fourth-order valence-corrected chi connectivity index (χ4v) is 5.26. The minimum Gasteiger partial charge on any atom is -0.457 e. The van der Waals surface area contributed by atoms with Crippen molar-refractivity contribution >= 4 is 25.0 Å². The van der Waals surface area contributed by atoms with Crippen molar-refractivity contribution in [2.75, 3.05) is 13.7 Å². The molecule has 2 fully saturated rings. The minimum absolute atomic E-state index is 0.0889. The molecule has 2 bridgehead atoms. The molecule has 1 aromatic carbocycles. The SMILES string of the molecule is CC(=O)COC(=O)[C@@H]1C2CCC(C[C@@H]1O[P+](O)(O)c1ccccc1)N2C. The molecule has 8 heteroatoms. The van der Waals surface area contributed by atoms with E-state index in [9.17, 15) is 19.4 Å². The van der Waals surface area contributed by atoms with Crippen LogP contribution in [0.15, 0.2) is 30.3 Å². The first-order valence-electron chi connectivity index (χ1n) is 8.76. The lowest BCUT2D eigenvalue weighted by molar-refractivity contribution is -0.160. The molecule has 0 aliphatic carbocycles. The van der Waals surface area contributed by atoms with Gasteiger partial charge in [-0.1, -0.05) is 18.2 Å². The van der Waals surface area contributed by atoms with Crippen LogP contribution in [0.3, 0.4) is 0 Å². The summed E-state index contributed by atoms with van der Waals surface area (Å²) in [7, 11) is -1.86. The Morgan fingerprint density at radius 2 is 1.92 bits per heavy atom. The van der Waals surface area contributed by atoms with Crippen molar-refractivity contribution in [2.45, 2.75) is 44.4 Å². The summed E-state index contributed by atoms with van der Waals surface area (Å²) >= 11 is 0. The fourth-order valence-electron chi connectivity index (χ4n) is 3.98. The van der Waals surface area contributed by atoms with E-state index in [2.05, 4.69) is 4.90 Å². The van der Waals surface area contributed by atoms with Crippen molar-refractivity contribution in [3.8, 4) is 0 Å². The molecule has 2 aliphatic rings. The summed E-state index contributed by atoms with van der Waals surface area (Å²) in [5.41, 5.74) is 0. The van der Waals surface area contributed by atoms with Crippen LogP contribution in [0, 0.1) is 5.92 Å². The van der Waals surface area contributed by atoms with E-state index in [1.165, 1.54) is 6.92 Å². The number of hydrogen-bond donors (Lipinski definition) is 2. The molecule has 26 heavy (non-hydrogen) atoms. The number of hydrogen-bond acceptors (Lipinski definition) is 7. The number of benzene rings is 1. The van der Waals surface area contributed by atoms with Crippen molar-refractivity contribution in [3.05, 3.63) is 30.3 Å². The van der Waals surface area contributed by atoms with E-state index in [0.29, 0.717) is 11.7 Å². The van der Waals surface area contributed by atoms with Gasteiger partial charge < -0.3 is 4.74 Å². The zero-order valence-electron chi connectivity index (χ0n) is 14.9. The van der Waals surface area contributed by atoms with E-state index in [4.69, 9.17) is 9.26 Å². The summed E-state index contributed by atoms with van der Waals surface area (Å²) in [6.45, 7) is 1.08. The molecule has 2 aliphatic heterocycles. The number of carbonyl (C=O) groups is 2. The van der Waals surface area contributed by atoms with Gasteiger partial charge >= 0.3 is 13.9 Å². The molecule has 2 unspecified atom stereocenters. The van der Waals surface area contributed by atoms with Crippen LogP contribution in [-0.2, 0) is 18.8 Å². The average Bonchev–Trinajstić information content (AvgIpc) is 2.84. The van der Waals surface area contributed by atoms with Crippen LogP contribution in [0.2, 0.25) is 0 Å². The molecule has 2 heterocycles. The normalized spacial score (nSPS) is 28.8. The number of Topliss-reactive ketones (excluding diaryl/α,β-unsaturated/α-hetero) is 1. The second-order valence-electron chi connectivity index (χ2n) is 7.06. The maximum absolute atomic E-state index is 12.6. The van der Waals surface area contributed by atoms with Crippen LogP contribution >= 0.6 is 7.94 Å². The fraction of sp³-hybridized carbons (Fsp3) is 0.556. The second-order valence-corrected chi connectivity index (χ2v) is 8.87. The van der Waals surface area contributed by atoms with Gasteiger partial charge in [0.25, 0.3) is 0 Å².